The molecular formula is C13H22O5. The summed E-state index contributed by atoms with van der Waals surface area (Å²) >= 11 is 0. The Hall–Kier alpha value is -0.940. The third-order valence-electron chi connectivity index (χ3n) is 2.95. The molecule has 1 saturated heterocycles. The van der Waals surface area contributed by atoms with E-state index in [0.717, 1.165) is 25.5 Å². The number of rotatable bonds is 7. The van der Waals surface area contributed by atoms with E-state index in [9.17, 15) is 9.59 Å². The van der Waals surface area contributed by atoms with Gasteiger partial charge in [0.2, 0.25) is 0 Å². The van der Waals surface area contributed by atoms with Gasteiger partial charge >= 0.3 is 5.97 Å². The van der Waals surface area contributed by atoms with E-state index >= 15 is 0 Å². The smallest absolute Gasteiger partial charge is 0.303 e. The summed E-state index contributed by atoms with van der Waals surface area (Å²) in [7, 11) is 0. The second-order valence-electron chi connectivity index (χ2n) is 5.16. The van der Waals surface area contributed by atoms with Crippen molar-refractivity contribution >= 4 is 12.3 Å². The number of aldehydes is 1. The molecular weight excluding hydrogens is 236 g/mol. The van der Waals surface area contributed by atoms with Gasteiger partial charge in [0.05, 0.1) is 6.10 Å². The van der Waals surface area contributed by atoms with Gasteiger partial charge in [-0.3, -0.25) is 4.79 Å². The first-order valence-corrected chi connectivity index (χ1v) is 6.45. The standard InChI is InChI=1S/C13H22O5/c1-13(2)17-10(8-11(9-14)18-13)6-4-3-5-7-12(15)16/h9-11H,3-8H2,1-2H3,(H,15,16)/t10-,11-/m1/s1. The molecule has 5 heteroatoms. The number of aliphatic carboxylic acids is 1. The molecule has 1 rings (SSSR count). The van der Waals surface area contributed by atoms with Crippen LogP contribution in [0.4, 0.5) is 0 Å². The lowest BCUT2D eigenvalue weighted by molar-refractivity contribution is -0.291. The van der Waals surface area contributed by atoms with Crippen molar-refractivity contribution in [3.63, 3.8) is 0 Å². The Balaban J connectivity index is 2.24. The first kappa shape index (κ1) is 15.1. The fourth-order valence-electron chi connectivity index (χ4n) is 2.23. The minimum absolute atomic E-state index is 0.0220. The maximum atomic E-state index is 10.8. The summed E-state index contributed by atoms with van der Waals surface area (Å²) in [5.41, 5.74) is 0. The zero-order chi connectivity index (χ0) is 13.6. The van der Waals surface area contributed by atoms with Crippen LogP contribution in [0.5, 0.6) is 0 Å². The van der Waals surface area contributed by atoms with E-state index in [1.807, 2.05) is 0 Å². The van der Waals surface area contributed by atoms with Crippen molar-refractivity contribution in [1.82, 2.24) is 0 Å². The van der Waals surface area contributed by atoms with Gasteiger partial charge in [-0.1, -0.05) is 12.8 Å². The van der Waals surface area contributed by atoms with Crippen LogP contribution in [0.15, 0.2) is 0 Å². The highest BCUT2D eigenvalue weighted by atomic mass is 16.7. The van der Waals surface area contributed by atoms with Crippen LogP contribution in [0.3, 0.4) is 0 Å². The van der Waals surface area contributed by atoms with Crippen LogP contribution in [0.2, 0.25) is 0 Å². The minimum Gasteiger partial charge on any atom is -0.481 e. The van der Waals surface area contributed by atoms with Crippen molar-refractivity contribution in [3.8, 4) is 0 Å². The highest BCUT2D eigenvalue weighted by molar-refractivity contribution is 5.66. The quantitative estimate of drug-likeness (QED) is 0.559. The maximum absolute atomic E-state index is 10.8. The average molecular weight is 258 g/mol. The number of unbranched alkanes of at least 4 members (excludes halogenated alkanes) is 2. The van der Waals surface area contributed by atoms with Gasteiger partial charge in [-0.15, -0.1) is 0 Å². The fourth-order valence-corrected chi connectivity index (χ4v) is 2.23. The fraction of sp³-hybridized carbons (Fsp3) is 0.846. The second kappa shape index (κ2) is 6.85. The predicted molar refractivity (Wildman–Crippen MR) is 65.2 cm³/mol. The summed E-state index contributed by atoms with van der Waals surface area (Å²) in [5.74, 6) is -1.46. The van der Waals surface area contributed by atoms with Gasteiger partial charge in [0.1, 0.15) is 12.4 Å². The topological polar surface area (TPSA) is 72.8 Å². The van der Waals surface area contributed by atoms with Gasteiger partial charge in [0.25, 0.3) is 0 Å². The van der Waals surface area contributed by atoms with Gasteiger partial charge in [-0.25, -0.2) is 0 Å². The van der Waals surface area contributed by atoms with Crippen LogP contribution in [-0.2, 0) is 19.1 Å². The Labute approximate surface area is 107 Å². The van der Waals surface area contributed by atoms with Crippen molar-refractivity contribution in [2.24, 2.45) is 0 Å². The van der Waals surface area contributed by atoms with Crippen LogP contribution in [0.25, 0.3) is 0 Å². The molecule has 0 aromatic carbocycles. The molecule has 0 spiro atoms. The zero-order valence-corrected chi connectivity index (χ0v) is 11.1. The second-order valence-corrected chi connectivity index (χ2v) is 5.16. The summed E-state index contributed by atoms with van der Waals surface area (Å²) in [4.78, 5) is 21.1. The molecule has 1 fully saturated rings. The third-order valence-corrected chi connectivity index (χ3v) is 2.95. The van der Waals surface area contributed by atoms with Gasteiger partial charge in [-0.05, 0) is 26.7 Å². The zero-order valence-electron chi connectivity index (χ0n) is 11.1. The average Bonchev–Trinajstić information content (AvgIpc) is 2.26. The molecule has 104 valence electrons. The molecule has 0 unspecified atom stereocenters. The van der Waals surface area contributed by atoms with Crippen molar-refractivity contribution in [1.29, 1.82) is 0 Å². The minimum atomic E-state index is -0.750. The van der Waals surface area contributed by atoms with Crippen LogP contribution in [0, 0.1) is 0 Å². The van der Waals surface area contributed by atoms with E-state index in [-0.39, 0.29) is 12.5 Å². The Bertz CT molecular complexity index is 287. The number of hydrogen-bond donors (Lipinski definition) is 1. The molecule has 0 aromatic rings. The van der Waals surface area contributed by atoms with E-state index < -0.39 is 17.9 Å². The number of ether oxygens (including phenoxy) is 2. The molecule has 1 aliphatic rings. The molecule has 1 N–H and O–H groups in total. The van der Waals surface area contributed by atoms with Crippen molar-refractivity contribution < 1.29 is 24.2 Å². The molecule has 0 saturated carbocycles. The first-order chi connectivity index (χ1) is 8.43. The largest absolute Gasteiger partial charge is 0.481 e. The summed E-state index contributed by atoms with van der Waals surface area (Å²) in [5, 5.41) is 8.52. The van der Waals surface area contributed by atoms with Crippen molar-refractivity contribution in [2.45, 2.75) is 70.4 Å². The first-order valence-electron chi connectivity index (χ1n) is 6.45. The summed E-state index contributed by atoms with van der Waals surface area (Å²) in [6.45, 7) is 3.61. The number of carboxylic acids is 1. The van der Waals surface area contributed by atoms with Crippen LogP contribution in [0.1, 0.15) is 52.4 Å². The number of hydrogen-bond acceptors (Lipinski definition) is 4. The predicted octanol–water partition coefficient (Wildman–Crippen LogP) is 2.13. The Kier molecular flexibility index (Phi) is 5.75. The van der Waals surface area contributed by atoms with Crippen LogP contribution < -0.4 is 0 Å². The van der Waals surface area contributed by atoms with Crippen molar-refractivity contribution in [3.05, 3.63) is 0 Å². The lowest BCUT2D eigenvalue weighted by atomic mass is 10.0. The van der Waals surface area contributed by atoms with E-state index in [0.29, 0.717) is 12.8 Å². The lowest BCUT2D eigenvalue weighted by Gasteiger charge is -2.39. The molecule has 2 atom stereocenters. The molecule has 0 aromatic heterocycles. The maximum Gasteiger partial charge on any atom is 0.303 e. The molecule has 0 radical (unpaired) electrons. The lowest BCUT2D eigenvalue weighted by Crippen LogP contribution is -2.45. The number of carboxylic acid groups (broad SMARTS) is 1. The number of carbonyl (C=O) groups is 2. The van der Waals surface area contributed by atoms with Gasteiger partial charge in [0.15, 0.2) is 5.79 Å². The molecule has 18 heavy (non-hydrogen) atoms. The van der Waals surface area contributed by atoms with Crippen LogP contribution >= 0.6 is 0 Å². The van der Waals surface area contributed by atoms with E-state index in [4.69, 9.17) is 14.6 Å². The normalized spacial score (nSPS) is 26.8. The summed E-state index contributed by atoms with van der Waals surface area (Å²) in [6, 6.07) is 0. The molecule has 0 bridgehead atoms. The van der Waals surface area contributed by atoms with Gasteiger partial charge in [-0.2, -0.15) is 0 Å². The Morgan fingerprint density at radius 3 is 2.67 bits per heavy atom. The molecule has 0 amide bonds. The molecule has 5 nitrogen and oxygen atoms in total. The van der Waals surface area contributed by atoms with Gasteiger partial charge in [0, 0.05) is 12.8 Å². The Morgan fingerprint density at radius 1 is 1.33 bits per heavy atom. The SMILES string of the molecule is CC1(C)O[C@H](CCCCCC(=O)O)C[C@H](C=O)O1. The highest BCUT2D eigenvalue weighted by Gasteiger charge is 2.34. The van der Waals surface area contributed by atoms with E-state index in [2.05, 4.69) is 0 Å². The monoisotopic (exact) mass is 258 g/mol. The molecule has 0 aliphatic carbocycles. The van der Waals surface area contributed by atoms with E-state index in [1.54, 1.807) is 13.8 Å². The summed E-state index contributed by atoms with van der Waals surface area (Å²) < 4.78 is 11.2. The van der Waals surface area contributed by atoms with Crippen molar-refractivity contribution in [2.75, 3.05) is 0 Å². The van der Waals surface area contributed by atoms with E-state index in [1.165, 1.54) is 0 Å². The Morgan fingerprint density at radius 2 is 2.06 bits per heavy atom. The highest BCUT2D eigenvalue weighted by Crippen LogP contribution is 2.28. The van der Waals surface area contributed by atoms with Crippen LogP contribution in [-0.4, -0.2) is 35.4 Å². The molecule has 1 heterocycles. The third kappa shape index (κ3) is 5.60. The molecule has 1 aliphatic heterocycles. The number of carbonyl (C=O) groups excluding carboxylic acids is 1. The van der Waals surface area contributed by atoms with Gasteiger partial charge < -0.3 is 19.4 Å². The summed E-state index contributed by atoms with van der Waals surface area (Å²) in [6.07, 6.45) is 4.59.